The average molecular weight is 411 g/mol. The third-order valence-electron chi connectivity index (χ3n) is 3.15. The summed E-state index contributed by atoms with van der Waals surface area (Å²) in [5.74, 6) is 0. The second-order valence-corrected chi connectivity index (χ2v) is 8.48. The molecular weight excluding hydrogens is 399 g/mol. The van der Waals surface area contributed by atoms with Gasteiger partial charge in [-0.25, -0.2) is 0 Å². The van der Waals surface area contributed by atoms with Crippen LogP contribution in [0.5, 0.6) is 0 Å². The smallest absolute Gasteiger partial charge is 0.0843 e. The summed E-state index contributed by atoms with van der Waals surface area (Å²) in [5, 5.41) is 1.50. The summed E-state index contributed by atoms with van der Waals surface area (Å²) in [7, 11) is -0.178. The highest BCUT2D eigenvalue weighted by molar-refractivity contribution is 9.10. The lowest BCUT2D eigenvalue weighted by molar-refractivity contribution is 1.31. The van der Waals surface area contributed by atoms with Crippen molar-refractivity contribution in [2.45, 2.75) is 14.7 Å². The molecule has 0 atom stereocenters. The van der Waals surface area contributed by atoms with E-state index in [9.17, 15) is 0 Å². The van der Waals surface area contributed by atoms with Crippen LogP contribution in [-0.4, -0.2) is 0 Å². The maximum Gasteiger partial charge on any atom is 0.166 e. The first-order valence-corrected chi connectivity index (χ1v) is 9.42. The molecule has 0 saturated carbocycles. The van der Waals surface area contributed by atoms with Gasteiger partial charge in [-0.15, -0.1) is 0 Å². The van der Waals surface area contributed by atoms with Gasteiger partial charge in [-0.3, -0.25) is 0 Å². The molecule has 0 N–H and O–H groups in total. The molecule has 0 spiro atoms. The third-order valence-corrected chi connectivity index (χ3v) is 6.41. The van der Waals surface area contributed by atoms with Gasteiger partial charge in [0.15, 0.2) is 14.7 Å². The van der Waals surface area contributed by atoms with Crippen LogP contribution in [0.15, 0.2) is 92.0 Å². The molecule has 3 aromatic carbocycles. The predicted octanol–water partition coefficient (Wildman–Crippen LogP) is 6.85. The fraction of sp³-hybridized carbons (Fsp3) is 0. The van der Waals surface area contributed by atoms with Crippen molar-refractivity contribution in [2.75, 3.05) is 0 Å². The Morgan fingerprint density at radius 3 is 1.23 bits per heavy atom. The predicted molar refractivity (Wildman–Crippen MR) is 99.2 cm³/mol. The molecule has 0 unspecified atom stereocenters. The summed E-state index contributed by atoms with van der Waals surface area (Å²) in [5.41, 5.74) is 0. The van der Waals surface area contributed by atoms with E-state index in [0.717, 1.165) is 14.5 Å². The molecule has 0 bridgehead atoms. The van der Waals surface area contributed by atoms with Gasteiger partial charge in [0.2, 0.25) is 0 Å². The zero-order valence-corrected chi connectivity index (χ0v) is 15.4. The average Bonchev–Trinajstić information content (AvgIpc) is 2.53. The second-order valence-electron chi connectivity index (χ2n) is 4.67. The van der Waals surface area contributed by atoms with Crippen molar-refractivity contribution < 1.29 is 0 Å². The van der Waals surface area contributed by atoms with Crippen molar-refractivity contribution in [2.24, 2.45) is 0 Å². The minimum Gasteiger partial charge on any atom is -0.0843 e. The van der Waals surface area contributed by atoms with Crippen LogP contribution in [0.1, 0.15) is 0 Å². The number of hydrogen-bond donors (Lipinski definition) is 0. The maximum atomic E-state index is 6.03. The summed E-state index contributed by atoms with van der Waals surface area (Å²) in [6, 6.07) is 24.5. The van der Waals surface area contributed by atoms with E-state index in [1.165, 1.54) is 14.7 Å². The molecule has 0 saturated heterocycles. The third kappa shape index (κ3) is 3.69. The molecule has 3 aromatic rings. The Balaban J connectivity index is 2.10. The van der Waals surface area contributed by atoms with Gasteiger partial charge in [0, 0.05) is 14.5 Å². The fourth-order valence-corrected chi connectivity index (χ4v) is 4.68. The molecule has 0 radical (unpaired) electrons. The molecule has 0 amide bonds. The normalized spacial score (nSPS) is 10.9. The van der Waals surface area contributed by atoms with E-state index in [1.807, 2.05) is 24.3 Å². The first kappa shape index (κ1) is 15.9. The van der Waals surface area contributed by atoms with Gasteiger partial charge in [-0.05, 0) is 72.8 Å². The molecule has 0 fully saturated rings. The van der Waals surface area contributed by atoms with Crippen molar-refractivity contribution in [3.8, 4) is 0 Å². The van der Waals surface area contributed by atoms with Gasteiger partial charge in [0.05, 0.1) is 10.9 Å². The Morgan fingerprint density at radius 1 is 0.545 bits per heavy atom. The Kier molecular flexibility index (Phi) is 5.14. The summed E-state index contributed by atoms with van der Waals surface area (Å²) >= 11 is 15.6. The quantitative estimate of drug-likeness (QED) is 0.414. The van der Waals surface area contributed by atoms with Crippen molar-refractivity contribution in [1.82, 2.24) is 0 Å². The lowest BCUT2D eigenvalue weighted by atomic mass is 10.3. The molecule has 4 heteroatoms. The minimum absolute atomic E-state index is 0.178. The summed E-state index contributed by atoms with van der Waals surface area (Å²) in [4.78, 5) is 3.72. The second kappa shape index (κ2) is 7.10. The van der Waals surface area contributed by atoms with Gasteiger partial charge in [0.25, 0.3) is 0 Å². The van der Waals surface area contributed by atoms with Crippen LogP contribution in [0.25, 0.3) is 0 Å². The van der Waals surface area contributed by atoms with E-state index < -0.39 is 0 Å². The first-order chi connectivity index (χ1) is 10.6. The highest BCUT2D eigenvalue weighted by Crippen LogP contribution is 2.33. The summed E-state index contributed by atoms with van der Waals surface area (Å²) < 4.78 is 1.08. The van der Waals surface area contributed by atoms with E-state index in [-0.39, 0.29) is 10.9 Å². The maximum absolute atomic E-state index is 6.03. The number of rotatable bonds is 3. The van der Waals surface area contributed by atoms with E-state index in [0.29, 0.717) is 0 Å². The Labute approximate surface area is 151 Å². The molecule has 0 heterocycles. The van der Waals surface area contributed by atoms with Crippen LogP contribution >= 0.6 is 39.1 Å². The molecule has 0 nitrogen and oxygen atoms in total. The lowest BCUT2D eigenvalue weighted by Gasteiger charge is -2.08. The lowest BCUT2D eigenvalue weighted by Crippen LogP contribution is -2.04. The summed E-state index contributed by atoms with van der Waals surface area (Å²) in [6.07, 6.45) is 0. The Bertz CT molecular complexity index is 644. The number of hydrogen-bond acceptors (Lipinski definition) is 0. The van der Waals surface area contributed by atoms with Gasteiger partial charge >= 0.3 is 0 Å². The van der Waals surface area contributed by atoms with E-state index in [4.69, 9.17) is 23.2 Å². The Hall–Kier alpha value is -0.930. The summed E-state index contributed by atoms with van der Waals surface area (Å²) in [6.45, 7) is 0. The largest absolute Gasteiger partial charge is 0.166 e. The number of halogens is 3. The first-order valence-electron chi connectivity index (χ1n) is 6.64. The molecule has 3 rings (SSSR count). The molecule has 0 aliphatic carbocycles. The van der Waals surface area contributed by atoms with Crippen molar-refractivity contribution in [3.05, 3.63) is 87.3 Å². The van der Waals surface area contributed by atoms with Crippen molar-refractivity contribution >= 4 is 50.0 Å². The van der Waals surface area contributed by atoms with E-state index in [1.54, 1.807) is 0 Å². The van der Waals surface area contributed by atoms with Crippen LogP contribution in [0, 0.1) is 0 Å². The zero-order valence-electron chi connectivity index (χ0n) is 11.5. The SMILES string of the molecule is Clc1ccc([S+](c2ccc(Cl)cc2)c2ccc(Br)cc2)cc1. The monoisotopic (exact) mass is 409 g/mol. The fourth-order valence-electron chi connectivity index (χ4n) is 2.12. The zero-order chi connectivity index (χ0) is 15.5. The van der Waals surface area contributed by atoms with Gasteiger partial charge in [-0.1, -0.05) is 39.1 Å². The van der Waals surface area contributed by atoms with Crippen molar-refractivity contribution in [1.29, 1.82) is 0 Å². The molecule has 0 aliphatic rings. The molecule has 22 heavy (non-hydrogen) atoms. The van der Waals surface area contributed by atoms with Crippen molar-refractivity contribution in [3.63, 3.8) is 0 Å². The topological polar surface area (TPSA) is 0 Å². The van der Waals surface area contributed by atoms with Crippen LogP contribution in [0.2, 0.25) is 10.0 Å². The number of benzene rings is 3. The van der Waals surface area contributed by atoms with Crippen LogP contribution in [0.3, 0.4) is 0 Å². The van der Waals surface area contributed by atoms with Gasteiger partial charge in [-0.2, -0.15) is 0 Å². The highest BCUT2D eigenvalue weighted by atomic mass is 79.9. The van der Waals surface area contributed by atoms with Crippen LogP contribution in [0.4, 0.5) is 0 Å². The van der Waals surface area contributed by atoms with Crippen LogP contribution < -0.4 is 0 Å². The van der Waals surface area contributed by atoms with E-state index in [2.05, 4.69) is 64.5 Å². The van der Waals surface area contributed by atoms with E-state index >= 15 is 0 Å². The van der Waals surface area contributed by atoms with Gasteiger partial charge in [0.1, 0.15) is 0 Å². The molecule has 0 aliphatic heterocycles. The standard InChI is InChI=1S/C18H12BrCl2S/c19-13-1-7-16(8-2-13)22(17-9-3-14(20)4-10-17)18-11-5-15(21)6-12-18/h1-12H/q+1. The molecular formula is C18H12BrCl2S+. The molecule has 110 valence electrons. The minimum atomic E-state index is -0.178. The van der Waals surface area contributed by atoms with Gasteiger partial charge < -0.3 is 0 Å². The molecule has 0 aromatic heterocycles. The van der Waals surface area contributed by atoms with Crippen LogP contribution in [-0.2, 0) is 10.9 Å². The Morgan fingerprint density at radius 2 is 0.864 bits per heavy atom. The highest BCUT2D eigenvalue weighted by Gasteiger charge is 2.28.